The van der Waals surface area contributed by atoms with Crippen LogP contribution in [0.4, 0.5) is 5.69 Å². The van der Waals surface area contributed by atoms with Gasteiger partial charge >= 0.3 is 0 Å². The summed E-state index contributed by atoms with van der Waals surface area (Å²) in [5.74, 6) is 0. The van der Waals surface area contributed by atoms with Gasteiger partial charge in [-0.1, -0.05) is 6.07 Å². The summed E-state index contributed by atoms with van der Waals surface area (Å²) in [6.45, 7) is 0. The Kier molecular flexibility index (Phi) is 2.00. The lowest BCUT2D eigenvalue weighted by molar-refractivity contribution is -0.111. The molecule has 3 nitrogen and oxygen atoms in total. The Morgan fingerprint density at radius 3 is 3.00 bits per heavy atom. The summed E-state index contributed by atoms with van der Waals surface area (Å²) in [5, 5.41) is 0. The molecular weight excluding hydrogens is 176 g/mol. The first kappa shape index (κ1) is 8.81. The first-order valence-corrected chi connectivity index (χ1v) is 4.47. The smallest absolute Gasteiger partial charge is 0.146 e. The van der Waals surface area contributed by atoms with Crippen molar-refractivity contribution in [3.05, 3.63) is 35.5 Å². The fraction of sp³-hybridized carbons (Fsp3) is 0.182. The quantitative estimate of drug-likeness (QED) is 0.535. The van der Waals surface area contributed by atoms with E-state index in [9.17, 15) is 4.79 Å². The number of rotatable bonds is 1. The number of benzene rings is 1. The Morgan fingerprint density at radius 1 is 1.50 bits per heavy atom. The molecule has 1 atom stereocenters. The molecule has 1 heterocycles. The second kappa shape index (κ2) is 3.18. The van der Waals surface area contributed by atoms with Gasteiger partial charge in [0.1, 0.15) is 12.3 Å². The summed E-state index contributed by atoms with van der Waals surface area (Å²) in [6.07, 6.45) is 4.81. The average molecular weight is 188 g/mol. The highest BCUT2D eigenvalue weighted by Crippen LogP contribution is 2.28. The third kappa shape index (κ3) is 1.27. The van der Waals surface area contributed by atoms with Crippen molar-refractivity contribution in [1.29, 1.82) is 0 Å². The highest BCUT2D eigenvalue weighted by Gasteiger charge is 2.19. The molecule has 0 spiro atoms. The minimum atomic E-state index is -0.210. The Bertz CT molecular complexity index is 398. The summed E-state index contributed by atoms with van der Waals surface area (Å²) in [4.78, 5) is 12.8. The van der Waals surface area contributed by atoms with E-state index in [1.165, 1.54) is 0 Å². The summed E-state index contributed by atoms with van der Waals surface area (Å²) in [6, 6.07) is 5.42. The predicted octanol–water partition coefficient (Wildman–Crippen LogP) is 1.42. The van der Waals surface area contributed by atoms with E-state index >= 15 is 0 Å². The lowest BCUT2D eigenvalue weighted by Crippen LogP contribution is -2.23. The largest absolute Gasteiger partial charge is 0.399 e. The van der Waals surface area contributed by atoms with Gasteiger partial charge in [0, 0.05) is 18.9 Å². The number of nitrogens with two attached hydrogens (primary N) is 1. The maximum atomic E-state index is 10.9. The third-order valence-corrected chi connectivity index (χ3v) is 2.49. The molecule has 0 fully saturated rings. The summed E-state index contributed by atoms with van der Waals surface area (Å²) < 4.78 is 0. The number of hydrogen-bond donors (Lipinski definition) is 1. The zero-order valence-corrected chi connectivity index (χ0v) is 7.97. The Hall–Kier alpha value is -1.77. The van der Waals surface area contributed by atoms with Crippen LogP contribution in [-0.2, 0) is 4.79 Å². The zero-order valence-electron chi connectivity index (χ0n) is 7.97. The van der Waals surface area contributed by atoms with Crippen LogP contribution in [0, 0.1) is 0 Å². The molecule has 0 saturated carbocycles. The fourth-order valence-corrected chi connectivity index (χ4v) is 1.68. The van der Waals surface area contributed by atoms with Gasteiger partial charge in [0.05, 0.1) is 0 Å². The second-order valence-electron chi connectivity index (χ2n) is 3.45. The van der Waals surface area contributed by atoms with Crippen molar-refractivity contribution in [3.63, 3.8) is 0 Å². The van der Waals surface area contributed by atoms with Crippen LogP contribution < -0.4 is 5.73 Å². The van der Waals surface area contributed by atoms with Crippen LogP contribution in [0.2, 0.25) is 0 Å². The molecule has 0 saturated heterocycles. The lowest BCUT2D eigenvalue weighted by Gasteiger charge is -2.27. The molecule has 2 rings (SSSR count). The molecule has 1 aliphatic rings. The van der Waals surface area contributed by atoms with Crippen LogP contribution in [0.25, 0.3) is 6.08 Å². The molecule has 1 unspecified atom stereocenters. The molecular formula is C11H12N2O. The number of nitrogen functional groups attached to an aromatic ring is 1. The second-order valence-corrected chi connectivity index (χ2v) is 3.45. The Balaban J connectivity index is 2.56. The van der Waals surface area contributed by atoms with Gasteiger partial charge in [0.25, 0.3) is 0 Å². The molecule has 72 valence electrons. The summed E-state index contributed by atoms with van der Waals surface area (Å²) in [7, 11) is 1.88. The van der Waals surface area contributed by atoms with Gasteiger partial charge in [-0.3, -0.25) is 0 Å². The number of carbonyl (C=O) groups is 1. The number of nitrogens with zero attached hydrogens (tertiary/aromatic N) is 1. The molecule has 14 heavy (non-hydrogen) atoms. The van der Waals surface area contributed by atoms with Crippen LogP contribution in [0.5, 0.6) is 0 Å². The van der Waals surface area contributed by atoms with Gasteiger partial charge in [-0.15, -0.1) is 0 Å². The maximum absolute atomic E-state index is 10.9. The first-order valence-electron chi connectivity index (χ1n) is 4.47. The minimum Gasteiger partial charge on any atom is -0.399 e. The number of carbonyl (C=O) groups excluding carboxylic acids is 1. The van der Waals surface area contributed by atoms with Crippen LogP contribution in [0.1, 0.15) is 17.2 Å². The topological polar surface area (TPSA) is 46.3 Å². The van der Waals surface area contributed by atoms with Gasteiger partial charge in [0.2, 0.25) is 0 Å². The van der Waals surface area contributed by atoms with E-state index in [2.05, 4.69) is 0 Å². The van der Waals surface area contributed by atoms with Crippen molar-refractivity contribution in [3.8, 4) is 0 Å². The predicted molar refractivity (Wildman–Crippen MR) is 56.5 cm³/mol. The highest BCUT2D eigenvalue weighted by atomic mass is 16.1. The van der Waals surface area contributed by atoms with E-state index in [1.54, 1.807) is 0 Å². The SMILES string of the molecule is CN1C=Cc2ccc(N)cc2C1C=O. The minimum absolute atomic E-state index is 0.210. The molecule has 0 amide bonds. The normalized spacial score (nSPS) is 19.2. The number of hydrogen-bond acceptors (Lipinski definition) is 3. The van der Waals surface area contributed by atoms with Crippen LogP contribution in [0.3, 0.4) is 0 Å². The van der Waals surface area contributed by atoms with Gasteiger partial charge in [0.15, 0.2) is 0 Å². The van der Waals surface area contributed by atoms with Crippen LogP contribution in [-0.4, -0.2) is 18.2 Å². The van der Waals surface area contributed by atoms with E-state index in [0.29, 0.717) is 5.69 Å². The summed E-state index contributed by atoms with van der Waals surface area (Å²) >= 11 is 0. The monoisotopic (exact) mass is 188 g/mol. The first-order chi connectivity index (χ1) is 6.72. The van der Waals surface area contributed by atoms with Gasteiger partial charge in [-0.05, 0) is 29.3 Å². The molecule has 3 heteroatoms. The van der Waals surface area contributed by atoms with Crippen molar-refractivity contribution >= 4 is 18.0 Å². The zero-order chi connectivity index (χ0) is 10.1. The van der Waals surface area contributed by atoms with E-state index in [1.807, 2.05) is 42.4 Å². The van der Waals surface area contributed by atoms with E-state index in [-0.39, 0.29) is 6.04 Å². The molecule has 1 aromatic rings. The standard InChI is InChI=1S/C11H12N2O/c1-13-5-4-8-2-3-9(12)6-10(8)11(13)7-14/h2-7,11H,12H2,1H3. The van der Waals surface area contributed by atoms with E-state index in [0.717, 1.165) is 17.4 Å². The molecule has 1 aromatic carbocycles. The number of aldehydes is 1. The van der Waals surface area contributed by atoms with Crippen LogP contribution in [0.15, 0.2) is 24.4 Å². The molecule has 0 aliphatic carbocycles. The van der Waals surface area contributed by atoms with Crippen molar-refractivity contribution in [2.24, 2.45) is 0 Å². The molecule has 1 aliphatic heterocycles. The number of anilines is 1. The van der Waals surface area contributed by atoms with Gasteiger partial charge in [-0.2, -0.15) is 0 Å². The van der Waals surface area contributed by atoms with Crippen molar-refractivity contribution in [2.75, 3.05) is 12.8 Å². The Labute approximate surface area is 82.8 Å². The van der Waals surface area contributed by atoms with E-state index in [4.69, 9.17) is 5.73 Å². The maximum Gasteiger partial charge on any atom is 0.146 e. The number of fused-ring (bicyclic) bond motifs is 1. The lowest BCUT2D eigenvalue weighted by atomic mass is 9.97. The van der Waals surface area contributed by atoms with Gasteiger partial charge < -0.3 is 15.4 Å². The third-order valence-electron chi connectivity index (χ3n) is 2.49. The van der Waals surface area contributed by atoms with Crippen LogP contribution >= 0.6 is 0 Å². The fourth-order valence-electron chi connectivity index (χ4n) is 1.68. The molecule has 0 aromatic heterocycles. The molecule has 0 radical (unpaired) electrons. The molecule has 2 N–H and O–H groups in total. The Morgan fingerprint density at radius 2 is 2.29 bits per heavy atom. The van der Waals surface area contributed by atoms with Gasteiger partial charge in [-0.25, -0.2) is 0 Å². The molecule has 0 bridgehead atoms. The van der Waals surface area contributed by atoms with Crippen molar-refractivity contribution < 1.29 is 4.79 Å². The highest BCUT2D eigenvalue weighted by molar-refractivity contribution is 5.71. The average Bonchev–Trinajstić information content (AvgIpc) is 2.17. The van der Waals surface area contributed by atoms with E-state index < -0.39 is 0 Å². The summed E-state index contributed by atoms with van der Waals surface area (Å²) in [5.41, 5.74) is 8.42. The number of likely N-dealkylation sites (N-methyl/N-ethyl adjacent to an activating group) is 1. The van der Waals surface area contributed by atoms with Crippen molar-refractivity contribution in [1.82, 2.24) is 4.90 Å². The van der Waals surface area contributed by atoms with Crippen molar-refractivity contribution in [2.45, 2.75) is 6.04 Å².